The summed E-state index contributed by atoms with van der Waals surface area (Å²) < 4.78 is 17.4. The van der Waals surface area contributed by atoms with Crippen molar-refractivity contribution in [2.45, 2.75) is 13.0 Å². The molecule has 1 aliphatic heterocycles. The van der Waals surface area contributed by atoms with E-state index in [1.807, 2.05) is 0 Å². The van der Waals surface area contributed by atoms with Crippen LogP contribution in [0.15, 0.2) is 49.2 Å². The lowest BCUT2D eigenvalue weighted by Crippen LogP contribution is -2.41. The summed E-state index contributed by atoms with van der Waals surface area (Å²) in [5.41, 5.74) is 0.482. The van der Waals surface area contributed by atoms with Crippen LogP contribution in [0.25, 0.3) is 5.82 Å². The van der Waals surface area contributed by atoms with E-state index in [-0.39, 0.29) is 11.4 Å². The van der Waals surface area contributed by atoms with Gasteiger partial charge in [-0.15, -0.1) is 0 Å². The third-order valence-corrected chi connectivity index (χ3v) is 4.33. The number of anilines is 1. The molecule has 0 spiro atoms. The summed E-state index contributed by atoms with van der Waals surface area (Å²) in [6.07, 6.45) is 2.89. The van der Waals surface area contributed by atoms with Gasteiger partial charge < -0.3 is 19.5 Å². The Hall–Kier alpha value is -4.48. The normalized spacial score (nSPS) is 13.0. The van der Waals surface area contributed by atoms with Crippen LogP contribution in [0.2, 0.25) is 0 Å². The maximum absolute atomic E-state index is 12.6. The fourth-order valence-corrected chi connectivity index (χ4v) is 2.83. The summed E-state index contributed by atoms with van der Waals surface area (Å²) in [5.74, 6) is -0.362. The van der Waals surface area contributed by atoms with Crippen molar-refractivity contribution in [1.29, 1.82) is 0 Å². The van der Waals surface area contributed by atoms with Crippen molar-refractivity contribution in [1.82, 2.24) is 25.1 Å². The van der Waals surface area contributed by atoms with E-state index < -0.39 is 24.0 Å². The van der Waals surface area contributed by atoms with Crippen molar-refractivity contribution in [2.24, 2.45) is 0 Å². The number of ether oxygens (including phenoxy) is 3. The zero-order valence-electron chi connectivity index (χ0n) is 16.8. The van der Waals surface area contributed by atoms with E-state index in [2.05, 4.69) is 25.7 Å². The number of esters is 1. The molecule has 3 heterocycles. The van der Waals surface area contributed by atoms with Gasteiger partial charge in [0.25, 0.3) is 5.91 Å². The van der Waals surface area contributed by atoms with E-state index in [1.165, 1.54) is 36.5 Å². The smallest absolute Gasteiger partial charge is 0.342 e. The Morgan fingerprint density at radius 1 is 1.16 bits per heavy atom. The summed E-state index contributed by atoms with van der Waals surface area (Å²) in [6, 6.07) is 7.06. The zero-order chi connectivity index (χ0) is 22.5. The van der Waals surface area contributed by atoms with E-state index in [4.69, 9.17) is 14.2 Å². The largest absolute Gasteiger partial charge is 0.486 e. The first-order valence-corrected chi connectivity index (χ1v) is 9.54. The van der Waals surface area contributed by atoms with Gasteiger partial charge in [0.05, 0.1) is 0 Å². The highest BCUT2D eigenvalue weighted by molar-refractivity contribution is 6.03. The quantitative estimate of drug-likeness (QED) is 0.563. The van der Waals surface area contributed by atoms with E-state index in [9.17, 15) is 14.4 Å². The number of carbonyl (C=O) groups excluding carboxylic acids is 3. The van der Waals surface area contributed by atoms with Crippen molar-refractivity contribution in [2.75, 3.05) is 18.5 Å². The molecule has 3 aromatic rings. The van der Waals surface area contributed by atoms with Gasteiger partial charge in [0.15, 0.2) is 23.4 Å². The molecule has 4 rings (SSSR count). The number of aromatic nitrogens is 4. The number of pyridine rings is 1. The fourth-order valence-electron chi connectivity index (χ4n) is 2.83. The van der Waals surface area contributed by atoms with Crippen LogP contribution >= 0.6 is 0 Å². The molecule has 2 aromatic heterocycles. The summed E-state index contributed by atoms with van der Waals surface area (Å²) >= 11 is 0. The van der Waals surface area contributed by atoms with Crippen LogP contribution in [0.4, 0.5) is 10.5 Å². The average Bonchev–Trinajstić information content (AvgIpc) is 3.33. The van der Waals surface area contributed by atoms with E-state index in [0.29, 0.717) is 30.4 Å². The molecular formula is C20H18N6O6. The second kappa shape index (κ2) is 9.12. The van der Waals surface area contributed by atoms with Crippen molar-refractivity contribution < 1.29 is 28.6 Å². The number of nitrogens with zero attached hydrogens (tertiary/aromatic N) is 4. The van der Waals surface area contributed by atoms with Gasteiger partial charge >= 0.3 is 12.0 Å². The fraction of sp³-hybridized carbons (Fsp3) is 0.200. The molecule has 0 saturated heterocycles. The molecule has 32 heavy (non-hydrogen) atoms. The molecule has 12 heteroatoms. The topological polar surface area (TPSA) is 147 Å². The Balaban J connectivity index is 1.35. The van der Waals surface area contributed by atoms with Crippen LogP contribution in [-0.2, 0) is 9.53 Å². The SMILES string of the molecule is CC(OC(=O)c1cccnc1-n1cncn1)C(=O)NC(=O)Nc1ccc2c(c1)OCCO2. The number of rotatable bonds is 5. The molecule has 0 saturated carbocycles. The minimum Gasteiger partial charge on any atom is -0.486 e. The predicted octanol–water partition coefficient (Wildman–Crippen LogP) is 1.33. The second-order valence-electron chi connectivity index (χ2n) is 6.56. The van der Waals surface area contributed by atoms with Gasteiger partial charge in [0, 0.05) is 18.0 Å². The number of carbonyl (C=O) groups is 3. The molecule has 164 valence electrons. The third kappa shape index (κ3) is 4.64. The molecular weight excluding hydrogens is 420 g/mol. The Morgan fingerprint density at radius 2 is 1.97 bits per heavy atom. The third-order valence-electron chi connectivity index (χ3n) is 4.33. The van der Waals surface area contributed by atoms with Gasteiger partial charge in [-0.25, -0.2) is 24.2 Å². The van der Waals surface area contributed by atoms with Crippen LogP contribution in [0.3, 0.4) is 0 Å². The number of amides is 3. The van der Waals surface area contributed by atoms with Gasteiger partial charge in [-0.05, 0) is 31.2 Å². The highest BCUT2D eigenvalue weighted by Crippen LogP contribution is 2.32. The van der Waals surface area contributed by atoms with E-state index >= 15 is 0 Å². The van der Waals surface area contributed by atoms with Gasteiger partial charge in [0.1, 0.15) is 31.4 Å². The molecule has 12 nitrogen and oxygen atoms in total. The minimum atomic E-state index is -1.25. The average molecular weight is 438 g/mol. The summed E-state index contributed by atoms with van der Waals surface area (Å²) in [4.78, 5) is 45.0. The standard InChI is InChI=1S/C20H18N6O6/c1-12(32-19(28)14-3-2-6-22-17(14)26-11-21-10-23-26)18(27)25-20(29)24-13-4-5-15-16(9-13)31-8-7-30-15/h2-6,9-12H,7-8H2,1H3,(H2,24,25,27,29). The van der Waals surface area contributed by atoms with Crippen LogP contribution in [0, 0.1) is 0 Å². The number of hydrogen-bond acceptors (Lipinski definition) is 9. The first-order chi connectivity index (χ1) is 15.5. The number of urea groups is 1. The lowest BCUT2D eigenvalue weighted by molar-refractivity contribution is -0.127. The Bertz CT molecular complexity index is 1150. The highest BCUT2D eigenvalue weighted by atomic mass is 16.6. The Labute approximate surface area is 181 Å². The highest BCUT2D eigenvalue weighted by Gasteiger charge is 2.24. The number of hydrogen-bond donors (Lipinski definition) is 2. The molecule has 1 atom stereocenters. The van der Waals surface area contributed by atoms with Gasteiger partial charge in [0.2, 0.25) is 0 Å². The second-order valence-corrected chi connectivity index (χ2v) is 6.56. The molecule has 1 aliphatic rings. The minimum absolute atomic E-state index is 0.0818. The summed E-state index contributed by atoms with van der Waals surface area (Å²) in [6.45, 7) is 2.19. The van der Waals surface area contributed by atoms with Gasteiger partial charge in [-0.2, -0.15) is 5.10 Å². The van der Waals surface area contributed by atoms with Gasteiger partial charge in [-0.1, -0.05) is 0 Å². The Kier molecular flexibility index (Phi) is 5.92. The summed E-state index contributed by atoms with van der Waals surface area (Å²) in [5, 5.41) is 8.58. The van der Waals surface area contributed by atoms with E-state index in [0.717, 1.165) is 0 Å². The molecule has 2 N–H and O–H groups in total. The lowest BCUT2D eigenvalue weighted by Gasteiger charge is -2.19. The first-order valence-electron chi connectivity index (χ1n) is 9.54. The molecule has 3 amide bonds. The summed E-state index contributed by atoms with van der Waals surface area (Å²) in [7, 11) is 0. The van der Waals surface area contributed by atoms with Crippen LogP contribution < -0.4 is 20.1 Å². The zero-order valence-corrected chi connectivity index (χ0v) is 16.8. The molecule has 0 bridgehead atoms. The first kappa shape index (κ1) is 20.8. The maximum Gasteiger partial charge on any atom is 0.342 e. The van der Waals surface area contributed by atoms with Crippen molar-refractivity contribution >= 4 is 23.6 Å². The monoisotopic (exact) mass is 438 g/mol. The number of nitrogens with one attached hydrogen (secondary N) is 2. The predicted molar refractivity (Wildman–Crippen MR) is 109 cm³/mol. The maximum atomic E-state index is 12.6. The van der Waals surface area contributed by atoms with Crippen LogP contribution in [0.1, 0.15) is 17.3 Å². The number of benzene rings is 1. The van der Waals surface area contributed by atoms with Gasteiger partial charge in [-0.3, -0.25) is 10.1 Å². The number of fused-ring (bicyclic) bond motifs is 1. The van der Waals surface area contributed by atoms with Crippen molar-refractivity contribution in [3.05, 3.63) is 54.7 Å². The van der Waals surface area contributed by atoms with Crippen LogP contribution in [-0.4, -0.2) is 57.0 Å². The van der Waals surface area contributed by atoms with Crippen molar-refractivity contribution in [3.63, 3.8) is 0 Å². The molecule has 0 fully saturated rings. The Morgan fingerprint density at radius 3 is 2.75 bits per heavy atom. The lowest BCUT2D eigenvalue weighted by atomic mass is 10.2. The number of imide groups is 1. The van der Waals surface area contributed by atoms with Crippen LogP contribution in [0.5, 0.6) is 11.5 Å². The molecule has 0 aliphatic carbocycles. The molecule has 1 aromatic carbocycles. The van der Waals surface area contributed by atoms with Crippen molar-refractivity contribution in [3.8, 4) is 17.3 Å². The van der Waals surface area contributed by atoms with E-state index in [1.54, 1.807) is 24.3 Å². The molecule has 1 unspecified atom stereocenters. The molecule has 0 radical (unpaired) electrons.